The number of hydrogen-bond acceptors (Lipinski definition) is 5. The molecule has 0 saturated carbocycles. The van der Waals surface area contributed by atoms with Crippen LogP contribution in [0, 0.1) is 11.3 Å². The summed E-state index contributed by atoms with van der Waals surface area (Å²) in [5, 5.41) is 13.4. The van der Waals surface area contributed by atoms with Crippen molar-refractivity contribution in [1.82, 2.24) is 9.62 Å². The predicted octanol–water partition coefficient (Wildman–Crippen LogP) is 2.90. The molecule has 138 valence electrons. The van der Waals surface area contributed by atoms with Crippen molar-refractivity contribution < 1.29 is 13.2 Å². The molecule has 8 heteroatoms. The summed E-state index contributed by atoms with van der Waals surface area (Å²) in [4.78, 5) is 12.1. The smallest absolute Gasteiger partial charge is 0.252 e. The first kappa shape index (κ1) is 20.1. The molecule has 1 unspecified atom stereocenters. The number of carbonyl (C=O) groups excluding carboxylic acids is 1. The Balaban J connectivity index is 1.80. The van der Waals surface area contributed by atoms with Crippen molar-refractivity contribution in [1.29, 1.82) is 5.26 Å². The highest BCUT2D eigenvalue weighted by atomic mass is 32.2. The van der Waals surface area contributed by atoms with Crippen molar-refractivity contribution in [2.45, 2.75) is 30.0 Å². The standard InChI is InChI=1S/C18H21N3O3S2/c1-14(16-9-7-15(13-19)8-10-16)20-17(22)5-3-11-21(2)26(23,24)18-6-4-12-25-18/h4,6-10,12,14H,3,5,11H2,1-2H3,(H,20,22). The molecule has 0 saturated heterocycles. The van der Waals surface area contributed by atoms with E-state index in [-0.39, 0.29) is 24.9 Å². The first-order valence-electron chi connectivity index (χ1n) is 8.14. The van der Waals surface area contributed by atoms with Gasteiger partial charge < -0.3 is 5.32 Å². The van der Waals surface area contributed by atoms with E-state index < -0.39 is 10.0 Å². The van der Waals surface area contributed by atoms with Crippen molar-refractivity contribution in [3.05, 3.63) is 52.9 Å². The van der Waals surface area contributed by atoms with Gasteiger partial charge >= 0.3 is 0 Å². The van der Waals surface area contributed by atoms with Gasteiger partial charge in [-0.2, -0.15) is 5.26 Å². The van der Waals surface area contributed by atoms with E-state index in [9.17, 15) is 13.2 Å². The van der Waals surface area contributed by atoms with E-state index in [4.69, 9.17) is 5.26 Å². The van der Waals surface area contributed by atoms with Crippen LogP contribution in [0.1, 0.15) is 36.9 Å². The van der Waals surface area contributed by atoms with Gasteiger partial charge in [0.25, 0.3) is 10.0 Å². The van der Waals surface area contributed by atoms with E-state index in [1.807, 2.05) is 19.1 Å². The molecule has 0 aliphatic heterocycles. The lowest BCUT2D eigenvalue weighted by atomic mass is 10.1. The van der Waals surface area contributed by atoms with Gasteiger partial charge in [0.2, 0.25) is 5.91 Å². The van der Waals surface area contributed by atoms with Crippen molar-refractivity contribution in [3.8, 4) is 6.07 Å². The fourth-order valence-corrected chi connectivity index (χ4v) is 4.80. The summed E-state index contributed by atoms with van der Waals surface area (Å²) >= 11 is 1.18. The fourth-order valence-electron chi connectivity index (χ4n) is 2.39. The van der Waals surface area contributed by atoms with E-state index in [1.165, 1.54) is 22.7 Å². The highest BCUT2D eigenvalue weighted by Gasteiger charge is 2.21. The highest BCUT2D eigenvalue weighted by molar-refractivity contribution is 7.91. The third-order valence-electron chi connectivity index (χ3n) is 3.95. The lowest BCUT2D eigenvalue weighted by Gasteiger charge is -2.17. The molecule has 0 bridgehead atoms. The molecule has 6 nitrogen and oxygen atoms in total. The average molecular weight is 392 g/mol. The van der Waals surface area contributed by atoms with Gasteiger partial charge in [0, 0.05) is 20.0 Å². The molecular weight excluding hydrogens is 370 g/mol. The van der Waals surface area contributed by atoms with Crippen LogP contribution in [0.4, 0.5) is 0 Å². The van der Waals surface area contributed by atoms with E-state index in [0.717, 1.165) is 5.56 Å². The van der Waals surface area contributed by atoms with Gasteiger partial charge in [0.15, 0.2) is 0 Å². The van der Waals surface area contributed by atoms with Gasteiger partial charge in [0.1, 0.15) is 4.21 Å². The minimum Gasteiger partial charge on any atom is -0.350 e. The Morgan fingerprint density at radius 2 is 2.00 bits per heavy atom. The van der Waals surface area contributed by atoms with E-state index >= 15 is 0 Å². The third kappa shape index (κ3) is 5.14. The first-order chi connectivity index (χ1) is 12.3. The third-order valence-corrected chi connectivity index (χ3v) is 7.18. The minimum absolute atomic E-state index is 0.135. The zero-order chi connectivity index (χ0) is 19.2. The topological polar surface area (TPSA) is 90.3 Å². The van der Waals surface area contributed by atoms with Crippen LogP contribution in [0.2, 0.25) is 0 Å². The Morgan fingerprint density at radius 3 is 2.58 bits per heavy atom. The van der Waals surface area contributed by atoms with Gasteiger partial charge in [0.05, 0.1) is 17.7 Å². The molecule has 26 heavy (non-hydrogen) atoms. The molecule has 0 fully saturated rings. The Bertz CT molecular complexity index is 869. The van der Waals surface area contributed by atoms with Crippen LogP contribution >= 0.6 is 11.3 Å². The van der Waals surface area contributed by atoms with Gasteiger partial charge in [-0.1, -0.05) is 18.2 Å². The number of amides is 1. The molecule has 2 rings (SSSR count). The number of hydrogen-bond donors (Lipinski definition) is 1. The molecule has 1 aromatic heterocycles. The summed E-state index contributed by atoms with van der Waals surface area (Å²) in [6.45, 7) is 2.14. The molecule has 1 N–H and O–H groups in total. The Labute approximate surface area is 158 Å². The summed E-state index contributed by atoms with van der Waals surface area (Å²) in [6.07, 6.45) is 0.679. The van der Waals surface area contributed by atoms with Gasteiger partial charge in [-0.15, -0.1) is 11.3 Å². The number of benzene rings is 1. The van der Waals surface area contributed by atoms with Gasteiger partial charge in [-0.3, -0.25) is 4.79 Å². The average Bonchev–Trinajstić information content (AvgIpc) is 3.17. The number of nitrogens with one attached hydrogen (secondary N) is 1. The number of nitrogens with zero attached hydrogens (tertiary/aromatic N) is 2. The Hall–Kier alpha value is -2.21. The summed E-state index contributed by atoms with van der Waals surface area (Å²) in [6, 6.07) is 12.2. The molecule has 0 spiro atoms. The van der Waals surface area contributed by atoms with Crippen molar-refractivity contribution in [3.63, 3.8) is 0 Å². The maximum Gasteiger partial charge on any atom is 0.252 e. The second-order valence-electron chi connectivity index (χ2n) is 5.89. The summed E-state index contributed by atoms with van der Waals surface area (Å²) < 4.78 is 26.2. The lowest BCUT2D eigenvalue weighted by Crippen LogP contribution is -2.30. The Morgan fingerprint density at radius 1 is 1.31 bits per heavy atom. The molecule has 2 aromatic rings. The van der Waals surface area contributed by atoms with Gasteiger partial charge in [-0.05, 0) is 42.5 Å². The van der Waals surface area contributed by atoms with Crippen LogP contribution in [-0.2, 0) is 14.8 Å². The molecule has 1 amide bonds. The quantitative estimate of drug-likeness (QED) is 0.749. The minimum atomic E-state index is -3.47. The highest BCUT2D eigenvalue weighted by Crippen LogP contribution is 2.20. The van der Waals surface area contributed by atoms with Crippen molar-refractivity contribution in [2.75, 3.05) is 13.6 Å². The maximum absolute atomic E-state index is 12.3. The monoisotopic (exact) mass is 391 g/mol. The van der Waals surface area contributed by atoms with Crippen LogP contribution in [0.15, 0.2) is 46.0 Å². The van der Waals surface area contributed by atoms with Crippen LogP contribution in [0.5, 0.6) is 0 Å². The fraction of sp³-hybridized carbons (Fsp3) is 0.333. The second-order valence-corrected chi connectivity index (χ2v) is 9.10. The largest absolute Gasteiger partial charge is 0.350 e. The molecular formula is C18H21N3O3S2. The van der Waals surface area contributed by atoms with Crippen molar-refractivity contribution in [2.24, 2.45) is 0 Å². The first-order valence-corrected chi connectivity index (χ1v) is 10.5. The second kappa shape index (κ2) is 8.94. The van der Waals surface area contributed by atoms with E-state index in [1.54, 1.807) is 29.6 Å². The van der Waals surface area contributed by atoms with Gasteiger partial charge in [-0.25, -0.2) is 12.7 Å². The van der Waals surface area contributed by atoms with Crippen LogP contribution in [-0.4, -0.2) is 32.2 Å². The predicted molar refractivity (Wildman–Crippen MR) is 101 cm³/mol. The summed E-state index contributed by atoms with van der Waals surface area (Å²) in [5.41, 5.74) is 1.48. The van der Waals surface area contributed by atoms with Crippen molar-refractivity contribution >= 4 is 27.3 Å². The molecule has 0 aliphatic carbocycles. The Kier molecular flexibility index (Phi) is 6.91. The zero-order valence-corrected chi connectivity index (χ0v) is 16.3. The zero-order valence-electron chi connectivity index (χ0n) is 14.7. The normalized spacial score (nSPS) is 12.5. The number of carbonyl (C=O) groups is 1. The molecule has 1 atom stereocenters. The SMILES string of the molecule is CC(NC(=O)CCCN(C)S(=O)(=O)c1cccs1)c1ccc(C#N)cc1. The van der Waals surface area contributed by atoms with Crippen LogP contribution < -0.4 is 5.32 Å². The number of rotatable bonds is 8. The molecule has 1 aromatic carbocycles. The summed E-state index contributed by atoms with van der Waals surface area (Å²) in [7, 11) is -1.95. The number of thiophene rings is 1. The van der Waals surface area contributed by atoms with E-state index in [2.05, 4.69) is 11.4 Å². The number of sulfonamides is 1. The molecule has 1 heterocycles. The van der Waals surface area contributed by atoms with Crippen LogP contribution in [0.3, 0.4) is 0 Å². The lowest BCUT2D eigenvalue weighted by molar-refractivity contribution is -0.121. The maximum atomic E-state index is 12.3. The number of nitriles is 1. The van der Waals surface area contributed by atoms with Crippen LogP contribution in [0.25, 0.3) is 0 Å². The molecule has 0 aliphatic rings. The summed E-state index contributed by atoms with van der Waals surface area (Å²) in [5.74, 6) is -0.135. The molecule has 0 radical (unpaired) electrons. The van der Waals surface area contributed by atoms with E-state index in [0.29, 0.717) is 16.2 Å².